The van der Waals surface area contributed by atoms with Gasteiger partial charge in [-0.1, -0.05) is 6.42 Å². The Kier molecular flexibility index (Phi) is 5.78. The highest BCUT2D eigenvalue weighted by Crippen LogP contribution is 2.41. The molecular formula is C22H29FN2O3. The number of fused-ring (bicyclic) bond motifs is 4. The molecular weight excluding hydrogens is 359 g/mol. The SMILES string of the molecule is O=C(CCC(=O)N1C[C@H]2C[C@@H](C1)[C@H](CO)N1CCCC[C@@H]21)c1ccc(F)cc1. The van der Waals surface area contributed by atoms with Crippen molar-refractivity contribution in [2.45, 2.75) is 50.6 Å². The molecule has 3 aliphatic heterocycles. The summed E-state index contributed by atoms with van der Waals surface area (Å²) in [4.78, 5) is 29.5. The van der Waals surface area contributed by atoms with Crippen LogP contribution >= 0.6 is 0 Å². The molecule has 0 radical (unpaired) electrons. The summed E-state index contributed by atoms with van der Waals surface area (Å²) >= 11 is 0. The Bertz CT molecular complexity index is 709. The first-order valence-corrected chi connectivity index (χ1v) is 10.5. The van der Waals surface area contributed by atoms with Crippen molar-refractivity contribution in [1.82, 2.24) is 9.80 Å². The van der Waals surface area contributed by atoms with Gasteiger partial charge in [-0.05, 0) is 61.9 Å². The summed E-state index contributed by atoms with van der Waals surface area (Å²) in [6.45, 7) is 2.65. The van der Waals surface area contributed by atoms with Gasteiger partial charge in [0, 0.05) is 43.6 Å². The Hall–Kier alpha value is -1.79. The molecule has 3 heterocycles. The lowest BCUT2D eigenvalue weighted by molar-refractivity contribution is -0.142. The largest absolute Gasteiger partial charge is 0.395 e. The summed E-state index contributed by atoms with van der Waals surface area (Å²) < 4.78 is 13.0. The quantitative estimate of drug-likeness (QED) is 0.788. The van der Waals surface area contributed by atoms with Crippen LogP contribution in [0.25, 0.3) is 0 Å². The second-order valence-corrected chi connectivity index (χ2v) is 8.54. The smallest absolute Gasteiger partial charge is 0.223 e. The molecule has 152 valence electrons. The third-order valence-corrected chi connectivity index (χ3v) is 6.89. The van der Waals surface area contributed by atoms with E-state index in [1.807, 2.05) is 4.90 Å². The molecule has 6 heteroatoms. The minimum Gasteiger partial charge on any atom is -0.395 e. The first-order chi connectivity index (χ1) is 13.6. The Balaban J connectivity index is 1.37. The van der Waals surface area contributed by atoms with E-state index in [4.69, 9.17) is 0 Å². The number of carbonyl (C=O) groups excluding carboxylic acids is 2. The Morgan fingerprint density at radius 2 is 1.82 bits per heavy atom. The molecule has 0 aromatic heterocycles. The number of aliphatic hydroxyl groups excluding tert-OH is 1. The summed E-state index contributed by atoms with van der Waals surface area (Å²) in [6.07, 6.45) is 4.99. The molecule has 0 saturated carbocycles. The molecule has 0 spiro atoms. The zero-order valence-electron chi connectivity index (χ0n) is 16.2. The van der Waals surface area contributed by atoms with Crippen LogP contribution in [-0.2, 0) is 4.79 Å². The van der Waals surface area contributed by atoms with Crippen molar-refractivity contribution in [1.29, 1.82) is 0 Å². The molecule has 5 nitrogen and oxygen atoms in total. The maximum atomic E-state index is 13.0. The van der Waals surface area contributed by atoms with E-state index in [1.54, 1.807) is 0 Å². The number of amides is 1. The predicted molar refractivity (Wildman–Crippen MR) is 103 cm³/mol. The van der Waals surface area contributed by atoms with Gasteiger partial charge in [-0.2, -0.15) is 0 Å². The fourth-order valence-corrected chi connectivity index (χ4v) is 5.52. The van der Waals surface area contributed by atoms with Gasteiger partial charge in [0.25, 0.3) is 0 Å². The fourth-order valence-electron chi connectivity index (χ4n) is 5.52. The lowest BCUT2D eigenvalue weighted by Gasteiger charge is -2.56. The number of carbonyl (C=O) groups is 2. The van der Waals surface area contributed by atoms with E-state index in [2.05, 4.69) is 4.90 Å². The van der Waals surface area contributed by atoms with Gasteiger partial charge in [0.15, 0.2) is 5.78 Å². The first kappa shape index (κ1) is 19.5. The highest BCUT2D eigenvalue weighted by molar-refractivity contribution is 5.97. The second kappa shape index (κ2) is 8.29. The van der Waals surface area contributed by atoms with Crippen LogP contribution in [-0.4, -0.2) is 64.9 Å². The fraction of sp³-hybridized carbons (Fsp3) is 0.636. The van der Waals surface area contributed by atoms with Crippen LogP contribution in [0, 0.1) is 17.7 Å². The van der Waals surface area contributed by atoms with Crippen molar-refractivity contribution >= 4 is 11.7 Å². The zero-order chi connectivity index (χ0) is 19.7. The van der Waals surface area contributed by atoms with Gasteiger partial charge in [-0.15, -0.1) is 0 Å². The number of hydrogen-bond acceptors (Lipinski definition) is 4. The number of benzene rings is 1. The molecule has 1 N–H and O–H groups in total. The summed E-state index contributed by atoms with van der Waals surface area (Å²) in [5.41, 5.74) is 0.447. The standard InChI is InChI=1S/C22H29FN2O3/c23-18-6-4-15(5-7-18)21(27)8-9-22(28)24-12-16-11-17(13-24)20(14-26)25-10-2-1-3-19(16)25/h4-7,16-17,19-20,26H,1-3,8-14H2/t16-,17+,19+,20+/m1/s1. The molecule has 3 fully saturated rings. The second-order valence-electron chi connectivity index (χ2n) is 8.54. The van der Waals surface area contributed by atoms with Gasteiger partial charge >= 0.3 is 0 Å². The van der Waals surface area contributed by atoms with Crippen LogP contribution < -0.4 is 0 Å². The van der Waals surface area contributed by atoms with Crippen molar-refractivity contribution in [2.75, 3.05) is 26.2 Å². The van der Waals surface area contributed by atoms with E-state index < -0.39 is 0 Å². The van der Waals surface area contributed by atoms with Crippen LogP contribution in [0.5, 0.6) is 0 Å². The molecule has 4 atom stereocenters. The average molecular weight is 388 g/mol. The highest BCUT2D eigenvalue weighted by Gasteiger charge is 2.47. The molecule has 2 bridgehead atoms. The van der Waals surface area contributed by atoms with Gasteiger partial charge in [-0.25, -0.2) is 4.39 Å². The van der Waals surface area contributed by atoms with Crippen LogP contribution in [0.2, 0.25) is 0 Å². The number of Topliss-reactive ketones (excluding diaryl/α,β-unsaturated/α-hetero) is 1. The average Bonchev–Trinajstić information content (AvgIpc) is 2.72. The third kappa shape index (κ3) is 3.85. The van der Waals surface area contributed by atoms with E-state index in [9.17, 15) is 19.1 Å². The van der Waals surface area contributed by atoms with Crippen molar-refractivity contribution in [2.24, 2.45) is 11.8 Å². The molecule has 1 aromatic carbocycles. The van der Waals surface area contributed by atoms with Crippen LogP contribution in [0.15, 0.2) is 24.3 Å². The van der Waals surface area contributed by atoms with Crippen molar-refractivity contribution in [3.05, 3.63) is 35.6 Å². The maximum absolute atomic E-state index is 13.0. The van der Waals surface area contributed by atoms with Crippen LogP contribution in [0.3, 0.4) is 0 Å². The third-order valence-electron chi connectivity index (χ3n) is 6.89. The number of piperidine rings is 3. The Morgan fingerprint density at radius 3 is 2.57 bits per heavy atom. The number of rotatable bonds is 5. The molecule has 3 aliphatic rings. The van der Waals surface area contributed by atoms with Crippen molar-refractivity contribution < 1.29 is 19.1 Å². The van der Waals surface area contributed by atoms with Crippen LogP contribution in [0.4, 0.5) is 4.39 Å². The molecule has 0 unspecified atom stereocenters. The maximum Gasteiger partial charge on any atom is 0.223 e. The van der Waals surface area contributed by atoms with E-state index in [1.165, 1.54) is 37.1 Å². The van der Waals surface area contributed by atoms with Gasteiger partial charge in [0.1, 0.15) is 5.82 Å². The van der Waals surface area contributed by atoms with Crippen LogP contribution in [0.1, 0.15) is 48.9 Å². The predicted octanol–water partition coefficient (Wildman–Crippen LogP) is 2.48. The number of nitrogens with zero attached hydrogens (tertiary/aromatic N) is 2. The van der Waals surface area contributed by atoms with E-state index >= 15 is 0 Å². The number of halogens is 1. The number of hydrogen-bond donors (Lipinski definition) is 1. The highest BCUT2D eigenvalue weighted by atomic mass is 19.1. The minimum absolute atomic E-state index is 0.0195. The normalized spacial score (nSPS) is 30.0. The molecule has 3 saturated heterocycles. The molecule has 4 rings (SSSR count). The monoisotopic (exact) mass is 388 g/mol. The number of ketones is 1. The topological polar surface area (TPSA) is 60.9 Å². The molecule has 1 amide bonds. The summed E-state index contributed by atoms with van der Waals surface area (Å²) in [7, 11) is 0. The summed E-state index contributed by atoms with van der Waals surface area (Å²) in [6, 6.07) is 6.10. The zero-order valence-corrected chi connectivity index (χ0v) is 16.2. The van der Waals surface area contributed by atoms with E-state index in [0.29, 0.717) is 30.0 Å². The van der Waals surface area contributed by atoms with E-state index in [-0.39, 0.29) is 43.0 Å². The molecule has 0 aliphatic carbocycles. The number of likely N-dealkylation sites (tertiary alicyclic amines) is 1. The van der Waals surface area contributed by atoms with E-state index in [0.717, 1.165) is 25.9 Å². The Morgan fingerprint density at radius 1 is 1.07 bits per heavy atom. The summed E-state index contributed by atoms with van der Waals surface area (Å²) in [5.74, 6) is 0.305. The van der Waals surface area contributed by atoms with Gasteiger partial charge < -0.3 is 10.0 Å². The number of aliphatic hydroxyl groups is 1. The summed E-state index contributed by atoms with van der Waals surface area (Å²) in [5, 5.41) is 9.97. The van der Waals surface area contributed by atoms with Gasteiger partial charge in [0.05, 0.1) is 6.61 Å². The van der Waals surface area contributed by atoms with Crippen molar-refractivity contribution in [3.8, 4) is 0 Å². The lowest BCUT2D eigenvalue weighted by Crippen LogP contribution is -2.65. The Labute approximate surface area is 165 Å². The minimum atomic E-state index is -0.373. The van der Waals surface area contributed by atoms with Crippen molar-refractivity contribution in [3.63, 3.8) is 0 Å². The molecule has 28 heavy (non-hydrogen) atoms. The molecule has 1 aromatic rings. The van der Waals surface area contributed by atoms with Gasteiger partial charge in [-0.3, -0.25) is 14.5 Å². The lowest BCUT2D eigenvalue weighted by atomic mass is 9.72. The first-order valence-electron chi connectivity index (χ1n) is 10.5. The van der Waals surface area contributed by atoms with Gasteiger partial charge in [0.2, 0.25) is 5.91 Å².